The van der Waals surface area contributed by atoms with Crippen molar-refractivity contribution in [2.75, 3.05) is 5.32 Å². The van der Waals surface area contributed by atoms with E-state index in [1.807, 2.05) is 32.1 Å². The summed E-state index contributed by atoms with van der Waals surface area (Å²) >= 11 is 12.2. The Labute approximate surface area is 160 Å². The summed E-state index contributed by atoms with van der Waals surface area (Å²) < 4.78 is 5.77. The van der Waals surface area contributed by atoms with Gasteiger partial charge in [0, 0.05) is 16.3 Å². The Hall–Kier alpha value is -2.81. The summed E-state index contributed by atoms with van der Waals surface area (Å²) in [6.45, 7) is 3.69. The molecule has 0 saturated heterocycles. The summed E-state index contributed by atoms with van der Waals surface area (Å²) in [6.07, 6.45) is 1.82. The number of nitrogens with one attached hydrogen (secondary N) is 1. The van der Waals surface area contributed by atoms with Gasteiger partial charge in [-0.2, -0.15) is 5.26 Å². The van der Waals surface area contributed by atoms with E-state index in [0.717, 1.165) is 16.8 Å². The number of allylic oxidation sites excluding steroid dienone is 1. The topological polar surface area (TPSA) is 74.7 Å². The summed E-state index contributed by atoms with van der Waals surface area (Å²) in [6, 6.07) is 12.7. The predicted octanol–water partition coefficient (Wildman–Crippen LogP) is 5.70. The molecule has 0 amide bonds. The predicted molar refractivity (Wildman–Crippen MR) is 103 cm³/mol. The second-order valence-electron chi connectivity index (χ2n) is 5.46. The molecule has 0 aliphatic rings. The van der Waals surface area contributed by atoms with Crippen molar-refractivity contribution in [1.29, 1.82) is 5.26 Å². The van der Waals surface area contributed by atoms with Gasteiger partial charge in [-0.3, -0.25) is 0 Å². The number of benzene rings is 2. The van der Waals surface area contributed by atoms with Gasteiger partial charge < -0.3 is 9.73 Å². The first-order valence-electron chi connectivity index (χ1n) is 7.76. The number of nitriles is 1. The fourth-order valence-electron chi connectivity index (χ4n) is 2.37. The highest BCUT2D eigenvalue weighted by atomic mass is 35.5. The molecule has 7 heteroatoms. The van der Waals surface area contributed by atoms with Gasteiger partial charge in [-0.05, 0) is 49.7 Å². The quantitative estimate of drug-likeness (QED) is 0.624. The third-order valence-corrected chi connectivity index (χ3v) is 4.51. The van der Waals surface area contributed by atoms with Crippen LogP contribution in [0.2, 0.25) is 10.0 Å². The number of aromatic nitrogens is 2. The molecule has 26 heavy (non-hydrogen) atoms. The Morgan fingerprint density at radius 3 is 2.73 bits per heavy atom. The molecule has 5 nitrogen and oxygen atoms in total. The van der Waals surface area contributed by atoms with Gasteiger partial charge in [0.2, 0.25) is 5.89 Å². The Morgan fingerprint density at radius 1 is 1.23 bits per heavy atom. The molecule has 2 aromatic carbocycles. The van der Waals surface area contributed by atoms with Crippen LogP contribution < -0.4 is 5.32 Å². The molecule has 3 rings (SSSR count). The summed E-state index contributed by atoms with van der Waals surface area (Å²) in [4.78, 5) is 0. The van der Waals surface area contributed by atoms with Crippen LogP contribution in [0.5, 0.6) is 0 Å². The highest BCUT2D eigenvalue weighted by Crippen LogP contribution is 2.30. The smallest absolute Gasteiger partial charge is 0.264 e. The first kappa shape index (κ1) is 18.0. The fraction of sp³-hybridized carbons (Fsp3) is 0.105. The minimum atomic E-state index is 0.336. The summed E-state index contributed by atoms with van der Waals surface area (Å²) in [5.41, 5.74) is 3.32. The molecular formula is C19H14Cl2N4O. The third-order valence-electron chi connectivity index (χ3n) is 3.79. The van der Waals surface area contributed by atoms with E-state index in [2.05, 4.69) is 21.6 Å². The molecule has 1 aromatic heterocycles. The summed E-state index contributed by atoms with van der Waals surface area (Å²) in [5.74, 6) is 0.709. The lowest BCUT2D eigenvalue weighted by Crippen LogP contribution is -2.01. The lowest BCUT2D eigenvalue weighted by atomic mass is 10.1. The van der Waals surface area contributed by atoms with Gasteiger partial charge >= 0.3 is 0 Å². The first-order valence-corrected chi connectivity index (χ1v) is 8.51. The average molecular weight is 385 g/mol. The number of anilines is 1. The van der Waals surface area contributed by atoms with Crippen molar-refractivity contribution in [2.45, 2.75) is 13.8 Å². The zero-order valence-corrected chi connectivity index (χ0v) is 15.6. The summed E-state index contributed by atoms with van der Waals surface area (Å²) in [7, 11) is 0. The van der Waals surface area contributed by atoms with Crippen molar-refractivity contribution in [3.05, 3.63) is 69.5 Å². The molecule has 130 valence electrons. The van der Waals surface area contributed by atoms with Gasteiger partial charge in [0.1, 0.15) is 6.07 Å². The maximum Gasteiger partial charge on any atom is 0.264 e. The average Bonchev–Trinajstić information content (AvgIpc) is 3.13. The first-order chi connectivity index (χ1) is 12.5. The lowest BCUT2D eigenvalue weighted by Gasteiger charge is -2.12. The van der Waals surface area contributed by atoms with Crippen LogP contribution >= 0.6 is 23.2 Å². The molecular weight excluding hydrogens is 371 g/mol. The molecule has 0 aliphatic carbocycles. The van der Waals surface area contributed by atoms with Crippen LogP contribution in [0.1, 0.15) is 23.9 Å². The van der Waals surface area contributed by atoms with Gasteiger partial charge in [0.25, 0.3) is 5.89 Å². The van der Waals surface area contributed by atoms with Crippen molar-refractivity contribution < 1.29 is 4.42 Å². The molecule has 1 heterocycles. The zero-order chi connectivity index (χ0) is 18.7. The second-order valence-corrected chi connectivity index (χ2v) is 6.28. The molecule has 0 radical (unpaired) electrons. The number of hydrogen-bond donors (Lipinski definition) is 1. The van der Waals surface area contributed by atoms with Crippen LogP contribution in [0.25, 0.3) is 17.2 Å². The van der Waals surface area contributed by atoms with E-state index in [0.29, 0.717) is 33.1 Å². The van der Waals surface area contributed by atoms with Crippen molar-refractivity contribution in [2.24, 2.45) is 0 Å². The SMILES string of the molecule is C/C=C(\Nc1ccc(C#N)c(Cl)c1C)c1nnc(-c2cccc(Cl)c2)o1. The number of nitrogens with zero attached hydrogens (tertiary/aromatic N) is 3. The Balaban J connectivity index is 1.90. The number of rotatable bonds is 4. The molecule has 1 N–H and O–H groups in total. The number of hydrogen-bond acceptors (Lipinski definition) is 5. The van der Waals surface area contributed by atoms with Crippen molar-refractivity contribution >= 4 is 34.6 Å². The second kappa shape index (κ2) is 7.61. The van der Waals surface area contributed by atoms with Crippen molar-refractivity contribution in [3.63, 3.8) is 0 Å². The molecule has 0 atom stereocenters. The highest BCUT2D eigenvalue weighted by Gasteiger charge is 2.15. The number of halogens is 2. The standard InChI is InChI=1S/C19H14Cl2N4O/c1-3-15(23-16-8-7-13(10-22)17(21)11(16)2)19-25-24-18(26-19)12-5-4-6-14(20)9-12/h3-9,23H,1-2H3/b15-3-. The Kier molecular flexibility index (Phi) is 5.27. The fourth-order valence-corrected chi connectivity index (χ4v) is 2.77. The normalized spacial score (nSPS) is 11.3. The molecule has 3 aromatic rings. The minimum absolute atomic E-state index is 0.336. The molecule has 0 spiro atoms. The monoisotopic (exact) mass is 384 g/mol. The summed E-state index contributed by atoms with van der Waals surface area (Å²) in [5, 5.41) is 21.5. The van der Waals surface area contributed by atoms with Crippen LogP contribution in [0.15, 0.2) is 46.9 Å². The van der Waals surface area contributed by atoms with Gasteiger partial charge in [-0.25, -0.2) is 0 Å². The van der Waals surface area contributed by atoms with E-state index < -0.39 is 0 Å². The molecule has 0 aliphatic heterocycles. The van der Waals surface area contributed by atoms with Crippen LogP contribution in [-0.4, -0.2) is 10.2 Å². The third kappa shape index (κ3) is 3.57. The van der Waals surface area contributed by atoms with Gasteiger partial charge in [-0.1, -0.05) is 35.3 Å². The maximum atomic E-state index is 9.06. The molecule has 0 saturated carbocycles. The molecule has 0 bridgehead atoms. The van der Waals surface area contributed by atoms with E-state index in [1.165, 1.54) is 0 Å². The Morgan fingerprint density at radius 2 is 2.04 bits per heavy atom. The van der Waals surface area contributed by atoms with Gasteiger partial charge in [-0.15, -0.1) is 10.2 Å². The van der Waals surface area contributed by atoms with Gasteiger partial charge in [0.05, 0.1) is 16.3 Å². The largest absolute Gasteiger partial charge is 0.415 e. The van der Waals surface area contributed by atoms with Crippen molar-refractivity contribution in [3.8, 4) is 17.5 Å². The molecule has 0 fully saturated rings. The van der Waals surface area contributed by atoms with Crippen LogP contribution in [0.4, 0.5) is 5.69 Å². The zero-order valence-electron chi connectivity index (χ0n) is 14.0. The maximum absolute atomic E-state index is 9.06. The van der Waals surface area contributed by atoms with Crippen LogP contribution in [0, 0.1) is 18.3 Å². The Bertz CT molecular complexity index is 1030. The van der Waals surface area contributed by atoms with E-state index in [1.54, 1.807) is 24.3 Å². The minimum Gasteiger partial charge on any atom is -0.415 e. The van der Waals surface area contributed by atoms with Crippen molar-refractivity contribution in [1.82, 2.24) is 10.2 Å². The van der Waals surface area contributed by atoms with E-state index in [4.69, 9.17) is 32.9 Å². The van der Waals surface area contributed by atoms with Crippen LogP contribution in [-0.2, 0) is 0 Å². The highest BCUT2D eigenvalue weighted by molar-refractivity contribution is 6.33. The molecule has 0 unspecified atom stereocenters. The van der Waals surface area contributed by atoms with E-state index in [9.17, 15) is 0 Å². The van der Waals surface area contributed by atoms with Crippen LogP contribution in [0.3, 0.4) is 0 Å². The lowest BCUT2D eigenvalue weighted by molar-refractivity contribution is 0.553. The van der Waals surface area contributed by atoms with E-state index in [-0.39, 0.29) is 0 Å². The van der Waals surface area contributed by atoms with E-state index >= 15 is 0 Å². The van der Waals surface area contributed by atoms with Gasteiger partial charge in [0.15, 0.2) is 0 Å².